The van der Waals surface area contributed by atoms with Crippen LogP contribution < -0.4 is 0 Å². The average molecular weight is 421 g/mol. The van der Waals surface area contributed by atoms with E-state index < -0.39 is 24.3 Å². The number of hydrogen-bond donors (Lipinski definition) is 0. The normalized spacial score (nSPS) is 12.5. The highest BCUT2D eigenvalue weighted by molar-refractivity contribution is 8.09. The van der Waals surface area contributed by atoms with Gasteiger partial charge in [-0.2, -0.15) is 0 Å². The van der Waals surface area contributed by atoms with Crippen LogP contribution in [0.2, 0.25) is 0 Å². The molecule has 0 heterocycles. The van der Waals surface area contributed by atoms with Gasteiger partial charge >= 0.3 is 0 Å². The van der Waals surface area contributed by atoms with Gasteiger partial charge in [-0.3, -0.25) is 4.79 Å². The van der Waals surface area contributed by atoms with Crippen molar-refractivity contribution in [1.82, 2.24) is 0 Å². The smallest absolute Gasteiger partial charge is 0.195 e. The van der Waals surface area contributed by atoms with Crippen LogP contribution in [-0.4, -0.2) is 27.2 Å². The minimum Gasteiger partial charge on any atom is -0.295 e. The van der Waals surface area contributed by atoms with Gasteiger partial charge in [0.25, 0.3) is 0 Å². The van der Waals surface area contributed by atoms with Gasteiger partial charge in [0.05, 0.1) is 9.79 Å². The third kappa shape index (κ3) is 5.62. The van der Waals surface area contributed by atoms with E-state index in [0.29, 0.717) is 19.3 Å². The van der Waals surface area contributed by atoms with Gasteiger partial charge in [-0.25, -0.2) is 16.8 Å². The molecule has 0 saturated carbocycles. The van der Waals surface area contributed by atoms with E-state index in [-0.39, 0.29) is 22.0 Å². The van der Waals surface area contributed by atoms with Gasteiger partial charge in [-0.05, 0) is 56.5 Å². The first-order valence-electron chi connectivity index (χ1n) is 9.01. The molecule has 0 bridgehead atoms. The van der Waals surface area contributed by atoms with Gasteiger partial charge in [0.15, 0.2) is 30.0 Å². The van der Waals surface area contributed by atoms with E-state index >= 15 is 0 Å². The Morgan fingerprint density at radius 2 is 1.29 bits per heavy atom. The summed E-state index contributed by atoms with van der Waals surface area (Å²) in [6.45, 7) is 1.45. The first-order chi connectivity index (χ1) is 13.3. The predicted octanol–water partition coefficient (Wildman–Crippen LogP) is 3.97. The monoisotopic (exact) mass is 420 g/mol. The lowest BCUT2D eigenvalue weighted by Gasteiger charge is -2.18. The van der Waals surface area contributed by atoms with Crippen molar-refractivity contribution in [1.29, 1.82) is 0 Å². The van der Waals surface area contributed by atoms with Crippen LogP contribution in [0.5, 0.6) is 0 Å². The van der Waals surface area contributed by atoms with E-state index in [1.807, 2.05) is 0 Å². The largest absolute Gasteiger partial charge is 0.295 e. The third-order valence-electron chi connectivity index (χ3n) is 4.25. The molecule has 28 heavy (non-hydrogen) atoms. The fourth-order valence-electron chi connectivity index (χ4n) is 2.82. The number of ketones is 1. The molecule has 0 N–H and O–H groups in total. The summed E-state index contributed by atoms with van der Waals surface area (Å²) in [6, 6.07) is 15.3. The molecule has 0 radical (unpaired) electrons. The van der Waals surface area contributed by atoms with Crippen LogP contribution in [0.3, 0.4) is 0 Å². The van der Waals surface area contributed by atoms with Gasteiger partial charge in [0.1, 0.15) is 0 Å². The van der Waals surface area contributed by atoms with E-state index in [1.54, 1.807) is 42.5 Å². The highest BCUT2D eigenvalue weighted by Gasteiger charge is 2.39. The minimum absolute atomic E-state index is 0.00372. The first kappa shape index (κ1) is 22.0. The van der Waals surface area contributed by atoms with Crippen LogP contribution in [0.25, 0.3) is 0 Å². The lowest BCUT2D eigenvalue weighted by molar-refractivity contribution is -0.112. The number of allylic oxidation sites excluding steroid dienone is 2. The Bertz CT molecular complexity index is 939. The summed E-state index contributed by atoms with van der Waals surface area (Å²) in [5, 5.41) is 0. The zero-order valence-electron chi connectivity index (χ0n) is 15.7. The van der Waals surface area contributed by atoms with Crippen LogP contribution in [0.1, 0.15) is 32.6 Å². The second-order valence-corrected chi connectivity index (χ2v) is 11.0. The van der Waals surface area contributed by atoms with Crippen molar-refractivity contribution in [2.75, 3.05) is 0 Å². The minimum atomic E-state index is -4.07. The predicted molar refractivity (Wildman–Crippen MR) is 109 cm³/mol. The molecule has 0 spiro atoms. The van der Waals surface area contributed by atoms with E-state index in [9.17, 15) is 21.6 Å². The molecule has 5 nitrogen and oxygen atoms in total. The number of sulfone groups is 2. The van der Waals surface area contributed by atoms with Gasteiger partial charge < -0.3 is 0 Å². The van der Waals surface area contributed by atoms with Gasteiger partial charge in [0.2, 0.25) is 0 Å². The molecular formula is C21H24O5S2. The highest BCUT2D eigenvalue weighted by Crippen LogP contribution is 2.29. The molecular weight excluding hydrogens is 396 g/mol. The van der Waals surface area contributed by atoms with Crippen molar-refractivity contribution >= 4 is 25.5 Å². The Hall–Kier alpha value is -2.25. The Balaban J connectivity index is 2.30. The molecule has 0 amide bonds. The summed E-state index contributed by atoms with van der Waals surface area (Å²) in [4.78, 5) is 10.9. The number of unbranched alkanes of at least 4 members (excludes halogenated alkanes) is 2. The maximum absolute atomic E-state index is 13.1. The van der Waals surface area contributed by atoms with E-state index in [2.05, 4.69) is 0 Å². The second-order valence-electron chi connectivity index (χ2n) is 6.44. The lowest BCUT2D eigenvalue weighted by atomic mass is 10.2. The van der Waals surface area contributed by atoms with E-state index in [0.717, 1.165) is 0 Å². The summed E-state index contributed by atoms with van der Waals surface area (Å²) in [5.74, 6) is -0.0591. The Kier molecular flexibility index (Phi) is 7.71. The van der Waals surface area contributed by atoms with Crippen molar-refractivity contribution in [2.45, 2.75) is 47.0 Å². The van der Waals surface area contributed by atoms with Crippen LogP contribution in [0.15, 0.2) is 82.6 Å². The van der Waals surface area contributed by atoms with Crippen LogP contribution in [0.4, 0.5) is 0 Å². The highest BCUT2D eigenvalue weighted by atomic mass is 32.3. The lowest BCUT2D eigenvalue weighted by Crippen LogP contribution is -2.31. The maximum atomic E-state index is 13.1. The van der Waals surface area contributed by atoms with Gasteiger partial charge in [-0.15, -0.1) is 0 Å². The standard InChI is InChI=1S/C21H24O5S2/c1-18(22)12-6-2-3-11-17-21(27(23,24)19-13-7-4-8-14-19)28(25,26)20-15-9-5-10-16-20/h4-10,12-16,21H,2-3,11,17H2,1H3/b12-6+. The summed E-state index contributed by atoms with van der Waals surface area (Å²) in [5.41, 5.74) is 0. The van der Waals surface area contributed by atoms with Crippen LogP contribution in [0, 0.1) is 0 Å². The number of carbonyl (C=O) groups excluding carboxylic acids is 1. The van der Waals surface area contributed by atoms with Gasteiger partial charge in [-0.1, -0.05) is 48.9 Å². The van der Waals surface area contributed by atoms with Crippen molar-refractivity contribution in [2.24, 2.45) is 0 Å². The van der Waals surface area contributed by atoms with Crippen molar-refractivity contribution in [3.05, 3.63) is 72.8 Å². The number of benzene rings is 2. The fourth-order valence-corrected chi connectivity index (χ4v) is 7.46. The first-order valence-corrected chi connectivity index (χ1v) is 12.1. The maximum Gasteiger partial charge on any atom is 0.195 e. The van der Waals surface area contributed by atoms with Crippen LogP contribution >= 0.6 is 0 Å². The molecule has 0 aliphatic rings. The second kappa shape index (κ2) is 9.80. The molecule has 0 saturated heterocycles. The summed E-state index contributed by atoms with van der Waals surface area (Å²) >= 11 is 0. The molecule has 0 unspecified atom stereocenters. The van der Waals surface area contributed by atoms with E-state index in [4.69, 9.17) is 0 Å². The Morgan fingerprint density at radius 3 is 1.71 bits per heavy atom. The van der Waals surface area contributed by atoms with E-state index in [1.165, 1.54) is 37.3 Å². The van der Waals surface area contributed by atoms with Crippen LogP contribution in [-0.2, 0) is 24.5 Å². The zero-order valence-corrected chi connectivity index (χ0v) is 17.3. The third-order valence-corrected chi connectivity index (χ3v) is 9.48. The van der Waals surface area contributed by atoms with Crippen molar-refractivity contribution in [3.8, 4) is 0 Å². The molecule has 2 aromatic rings. The van der Waals surface area contributed by atoms with Crippen molar-refractivity contribution < 1.29 is 21.6 Å². The van der Waals surface area contributed by atoms with Crippen molar-refractivity contribution in [3.63, 3.8) is 0 Å². The molecule has 0 atom stereocenters. The summed E-state index contributed by atoms with van der Waals surface area (Å²) in [6.07, 6.45) is 4.75. The number of hydrogen-bond acceptors (Lipinski definition) is 5. The zero-order chi connectivity index (χ0) is 20.6. The topological polar surface area (TPSA) is 85.3 Å². The molecule has 2 rings (SSSR count). The Morgan fingerprint density at radius 1 is 0.821 bits per heavy atom. The number of rotatable bonds is 10. The average Bonchev–Trinajstić information content (AvgIpc) is 2.68. The fraction of sp³-hybridized carbons (Fsp3) is 0.286. The SMILES string of the molecule is CC(=O)/C=C/CCCCC(S(=O)(=O)c1ccccc1)S(=O)(=O)c1ccccc1. The quantitative estimate of drug-likeness (QED) is 0.429. The summed E-state index contributed by atoms with van der Waals surface area (Å²) in [7, 11) is -8.15. The van der Waals surface area contributed by atoms with Gasteiger partial charge in [0, 0.05) is 0 Å². The molecule has 2 aromatic carbocycles. The molecule has 7 heteroatoms. The molecule has 0 fully saturated rings. The number of carbonyl (C=O) groups is 1. The molecule has 0 aromatic heterocycles. The molecule has 0 aliphatic heterocycles. The summed E-state index contributed by atoms with van der Waals surface area (Å²) < 4.78 is 50.9. The Labute approximate surface area is 166 Å². The molecule has 150 valence electrons. The molecule has 0 aliphatic carbocycles.